The Morgan fingerprint density at radius 2 is 1.82 bits per heavy atom. The smallest absolute Gasteiger partial charge is 0.234 e. The monoisotopic (exact) mass is 751 g/mol. The molecule has 5 aromatic rings. The number of fused-ring (bicyclic) bond motifs is 1. The van der Waals surface area contributed by atoms with Gasteiger partial charge in [0.15, 0.2) is 11.5 Å². The fourth-order valence-corrected chi connectivity index (χ4v) is 8.49. The molecule has 15 heteroatoms. The highest BCUT2D eigenvalue weighted by atomic mass is 16.2. The zero-order chi connectivity index (χ0) is 38.8. The highest BCUT2D eigenvalue weighted by molar-refractivity contribution is 6.01. The number of carbonyl (C=O) groups is 2. The van der Waals surface area contributed by atoms with Gasteiger partial charge in [-0.25, -0.2) is 14.6 Å². The van der Waals surface area contributed by atoms with Crippen LogP contribution in [0.15, 0.2) is 61.2 Å². The van der Waals surface area contributed by atoms with E-state index < -0.39 is 6.04 Å². The van der Waals surface area contributed by atoms with Crippen LogP contribution in [0.3, 0.4) is 0 Å². The Balaban J connectivity index is 0.847. The molecule has 2 saturated heterocycles. The summed E-state index contributed by atoms with van der Waals surface area (Å²) in [7, 11) is 0. The number of amides is 2. The molecule has 8 rings (SSSR count). The molecular weight excluding hydrogens is 707 g/mol. The molecule has 6 heterocycles. The number of carbonyl (C=O) groups excluding carboxylic acids is 2. The number of rotatable bonds is 10. The zero-order valence-corrected chi connectivity index (χ0v) is 31.7. The molecule has 0 spiro atoms. The highest BCUT2D eigenvalue weighted by Crippen LogP contribution is 2.37. The van der Waals surface area contributed by atoms with Crippen molar-refractivity contribution in [2.45, 2.75) is 82.7 Å². The first-order valence-corrected chi connectivity index (χ1v) is 19.5. The van der Waals surface area contributed by atoms with Crippen molar-refractivity contribution in [1.82, 2.24) is 45.0 Å². The summed E-state index contributed by atoms with van der Waals surface area (Å²) in [5.74, 6) is 0.909. The maximum Gasteiger partial charge on any atom is 0.234 e. The summed E-state index contributed by atoms with van der Waals surface area (Å²) in [6.45, 7) is 8.19. The van der Waals surface area contributed by atoms with Crippen molar-refractivity contribution >= 4 is 34.2 Å². The summed E-state index contributed by atoms with van der Waals surface area (Å²) < 4.78 is 3.35. The lowest BCUT2D eigenvalue weighted by molar-refractivity contribution is -0.134. The SMILES string of the molecule is CC(C#N)Nc1cc(-n2ncc3cc(C#N)cnc32)ncc1-n1cc(C2CCC(CCN3CCN(c4ccc(C5CCC(=O)NC5=O)cc4)[C@@H](C)C3)CC2)nn1. The van der Waals surface area contributed by atoms with Gasteiger partial charge in [0, 0.05) is 61.4 Å². The van der Waals surface area contributed by atoms with Gasteiger partial charge < -0.3 is 10.2 Å². The van der Waals surface area contributed by atoms with E-state index in [0.29, 0.717) is 59.1 Å². The van der Waals surface area contributed by atoms with Crippen molar-refractivity contribution in [3.05, 3.63) is 78.0 Å². The van der Waals surface area contributed by atoms with Gasteiger partial charge >= 0.3 is 0 Å². The fraction of sp³-hybridized carbons (Fsp3) is 0.439. The Hall–Kier alpha value is -6.19. The Bertz CT molecular complexity index is 2310. The van der Waals surface area contributed by atoms with E-state index >= 15 is 0 Å². The standard InChI is InChI=1S/C41H45N13O2/c1-26(19-42)47-35-18-38(54-40-32(22-46-54)17-29(20-43)21-45-40)44-23-37(35)53-25-36(49-50-53)31-5-3-28(4-6-31)13-14-51-15-16-52(27(2)24-51)33-9-7-30(8-10-33)34-11-12-39(55)48-41(34)56/h7-10,17-18,21-23,25-28,31,34H,3-6,11-16,24H2,1-2H3,(H,44,47)(H,48,55,56)/t26?,27-,28?,31?,34?/m0/s1. The average molecular weight is 752 g/mol. The molecule has 4 aromatic heterocycles. The van der Waals surface area contributed by atoms with Crippen LogP contribution in [-0.4, -0.2) is 89.7 Å². The molecule has 3 atom stereocenters. The number of piperidine rings is 1. The molecule has 2 amide bonds. The topological polar surface area (TPSA) is 187 Å². The minimum atomic E-state index is -0.467. The molecule has 1 saturated carbocycles. The molecule has 0 radical (unpaired) electrons. The molecule has 3 aliphatic rings. The van der Waals surface area contributed by atoms with Gasteiger partial charge in [-0.3, -0.25) is 19.8 Å². The van der Waals surface area contributed by atoms with E-state index in [1.807, 2.05) is 24.4 Å². The van der Waals surface area contributed by atoms with E-state index in [9.17, 15) is 20.1 Å². The lowest BCUT2D eigenvalue weighted by atomic mass is 9.79. The third kappa shape index (κ3) is 7.68. The van der Waals surface area contributed by atoms with E-state index in [2.05, 4.69) is 77.0 Å². The quantitative estimate of drug-likeness (QED) is 0.183. The van der Waals surface area contributed by atoms with Crippen LogP contribution in [0.5, 0.6) is 0 Å². The van der Waals surface area contributed by atoms with Crippen molar-refractivity contribution < 1.29 is 9.59 Å². The van der Waals surface area contributed by atoms with Crippen molar-refractivity contribution in [3.8, 4) is 23.6 Å². The van der Waals surface area contributed by atoms with Crippen LogP contribution in [0.4, 0.5) is 11.4 Å². The summed E-state index contributed by atoms with van der Waals surface area (Å²) >= 11 is 0. The largest absolute Gasteiger partial charge is 0.368 e. The van der Waals surface area contributed by atoms with E-state index in [-0.39, 0.29) is 17.7 Å². The van der Waals surface area contributed by atoms with Gasteiger partial charge in [-0.15, -0.1) is 5.10 Å². The lowest BCUT2D eigenvalue weighted by Crippen LogP contribution is -2.52. The number of piperazine rings is 1. The van der Waals surface area contributed by atoms with E-state index in [4.69, 9.17) is 0 Å². The summed E-state index contributed by atoms with van der Waals surface area (Å²) in [4.78, 5) is 38.1. The third-order valence-corrected chi connectivity index (χ3v) is 11.6. The van der Waals surface area contributed by atoms with Gasteiger partial charge in [0.2, 0.25) is 11.8 Å². The zero-order valence-electron chi connectivity index (χ0n) is 31.7. The number of hydrogen-bond acceptors (Lipinski definition) is 12. The number of nitriles is 2. The van der Waals surface area contributed by atoms with Gasteiger partial charge in [-0.2, -0.15) is 20.3 Å². The Labute approximate surface area is 325 Å². The van der Waals surface area contributed by atoms with Gasteiger partial charge in [0.05, 0.1) is 47.5 Å². The predicted molar refractivity (Wildman–Crippen MR) is 209 cm³/mol. The Morgan fingerprint density at radius 1 is 1.00 bits per heavy atom. The van der Waals surface area contributed by atoms with Gasteiger partial charge in [-0.05, 0) is 88.6 Å². The number of nitrogens with one attached hydrogen (secondary N) is 2. The number of hydrogen-bond donors (Lipinski definition) is 2. The summed E-state index contributed by atoms with van der Waals surface area (Å²) in [5.41, 5.74) is 5.49. The molecule has 15 nitrogen and oxygen atoms in total. The van der Waals surface area contributed by atoms with Crippen LogP contribution in [0.25, 0.3) is 22.5 Å². The number of benzene rings is 1. The second-order valence-electron chi connectivity index (χ2n) is 15.4. The van der Waals surface area contributed by atoms with Crippen LogP contribution >= 0.6 is 0 Å². The van der Waals surface area contributed by atoms with E-state index in [0.717, 1.165) is 68.5 Å². The first kappa shape index (κ1) is 36.8. The fourth-order valence-electron chi connectivity index (χ4n) is 8.49. The van der Waals surface area contributed by atoms with Crippen LogP contribution < -0.4 is 15.5 Å². The van der Waals surface area contributed by atoms with Crippen molar-refractivity contribution in [2.75, 3.05) is 36.4 Å². The van der Waals surface area contributed by atoms with E-state index in [1.54, 1.807) is 34.7 Å². The van der Waals surface area contributed by atoms with Crippen molar-refractivity contribution in [2.24, 2.45) is 5.92 Å². The minimum absolute atomic E-state index is 0.184. The molecule has 0 bridgehead atoms. The first-order valence-electron chi connectivity index (χ1n) is 19.5. The van der Waals surface area contributed by atoms with Crippen LogP contribution in [-0.2, 0) is 9.59 Å². The highest BCUT2D eigenvalue weighted by Gasteiger charge is 2.30. The Kier molecular flexibility index (Phi) is 10.4. The number of aromatic nitrogens is 7. The number of nitrogens with zero attached hydrogens (tertiary/aromatic N) is 11. The third-order valence-electron chi connectivity index (χ3n) is 11.6. The van der Waals surface area contributed by atoms with Crippen LogP contribution in [0.2, 0.25) is 0 Å². The summed E-state index contributed by atoms with van der Waals surface area (Å²) in [6, 6.07) is 16.2. The molecule has 1 aromatic carbocycles. The molecule has 3 fully saturated rings. The van der Waals surface area contributed by atoms with Crippen LogP contribution in [0.1, 0.15) is 87.4 Å². The molecule has 1 aliphatic carbocycles. The molecular formula is C41H45N13O2. The number of imide groups is 1. The molecule has 2 N–H and O–H groups in total. The van der Waals surface area contributed by atoms with Gasteiger partial charge in [0.1, 0.15) is 17.8 Å². The van der Waals surface area contributed by atoms with Gasteiger partial charge in [0.25, 0.3) is 0 Å². The predicted octanol–water partition coefficient (Wildman–Crippen LogP) is 4.99. The van der Waals surface area contributed by atoms with Crippen molar-refractivity contribution in [1.29, 1.82) is 10.5 Å². The van der Waals surface area contributed by atoms with Crippen LogP contribution in [0, 0.1) is 28.6 Å². The van der Waals surface area contributed by atoms with E-state index in [1.165, 1.54) is 18.3 Å². The normalized spacial score (nSPS) is 22.3. The summed E-state index contributed by atoms with van der Waals surface area (Å²) in [5, 5.41) is 38.9. The molecule has 2 aliphatic heterocycles. The second kappa shape index (κ2) is 15.9. The minimum Gasteiger partial charge on any atom is -0.368 e. The number of anilines is 2. The Morgan fingerprint density at radius 3 is 2.57 bits per heavy atom. The first-order chi connectivity index (χ1) is 27.3. The molecule has 56 heavy (non-hydrogen) atoms. The number of pyridine rings is 2. The lowest BCUT2D eigenvalue weighted by Gasteiger charge is -2.42. The van der Waals surface area contributed by atoms with Gasteiger partial charge in [-0.1, -0.05) is 17.3 Å². The maximum absolute atomic E-state index is 12.3. The molecule has 286 valence electrons. The second-order valence-corrected chi connectivity index (χ2v) is 15.4. The summed E-state index contributed by atoms with van der Waals surface area (Å²) in [6.07, 6.45) is 13.5. The average Bonchev–Trinajstić information content (AvgIpc) is 3.88. The van der Waals surface area contributed by atoms with Crippen molar-refractivity contribution in [3.63, 3.8) is 0 Å². The molecule has 2 unspecified atom stereocenters. The maximum atomic E-state index is 12.3.